The normalized spacial score (nSPS) is 17.0. The summed E-state index contributed by atoms with van der Waals surface area (Å²) in [7, 11) is -1.02. The number of fused-ring (bicyclic) bond motifs is 1. The van der Waals surface area contributed by atoms with Crippen molar-refractivity contribution in [2.45, 2.75) is 33.0 Å². The molecule has 0 amide bonds. The van der Waals surface area contributed by atoms with Crippen LogP contribution in [0.3, 0.4) is 0 Å². The molecule has 0 bridgehead atoms. The lowest BCUT2D eigenvalue weighted by Gasteiger charge is -2.31. The van der Waals surface area contributed by atoms with Gasteiger partial charge in [-0.25, -0.2) is 23.0 Å². The highest BCUT2D eigenvalue weighted by Gasteiger charge is 2.25. The van der Waals surface area contributed by atoms with Gasteiger partial charge in [-0.3, -0.25) is 4.78 Å². The number of aryl methyl sites for hydroxylation is 1. The van der Waals surface area contributed by atoms with E-state index in [-0.39, 0.29) is 23.7 Å². The zero-order valence-corrected chi connectivity index (χ0v) is 22.2. The van der Waals surface area contributed by atoms with Gasteiger partial charge in [0.1, 0.15) is 35.9 Å². The number of aromatic nitrogens is 3. The van der Waals surface area contributed by atoms with Crippen LogP contribution in [0.1, 0.15) is 43.0 Å². The second-order valence-electron chi connectivity index (χ2n) is 9.08. The van der Waals surface area contributed by atoms with Crippen LogP contribution in [-0.2, 0) is 14.5 Å². The maximum Gasteiger partial charge on any atom is 0.239 e. The van der Waals surface area contributed by atoms with Crippen LogP contribution in [0, 0.1) is 17.5 Å². The number of nitrogens with zero attached hydrogens (tertiary/aromatic N) is 4. The number of benzene rings is 1. The fourth-order valence-corrected chi connectivity index (χ4v) is 5.50. The third-order valence-corrected chi connectivity index (χ3v) is 7.98. The predicted molar refractivity (Wildman–Crippen MR) is 140 cm³/mol. The van der Waals surface area contributed by atoms with E-state index in [1.165, 1.54) is 13.0 Å². The number of anilines is 2. The lowest BCUT2D eigenvalue weighted by Crippen LogP contribution is -2.40. The zero-order chi connectivity index (χ0) is 26.7. The number of hydrogen-bond donors (Lipinski definition) is 2. The summed E-state index contributed by atoms with van der Waals surface area (Å²) in [5.41, 5.74) is 1.39. The summed E-state index contributed by atoms with van der Waals surface area (Å²) in [6.07, 6.45) is -1.43. The first kappa shape index (κ1) is 26.9. The number of pyridine rings is 1. The molecule has 9 nitrogen and oxygen atoms in total. The number of ether oxygens (including phenoxy) is 2. The molecule has 1 aliphatic heterocycles. The molecule has 0 saturated carbocycles. The highest BCUT2D eigenvalue weighted by atomic mass is 32.2. The van der Waals surface area contributed by atoms with Crippen molar-refractivity contribution in [3.8, 4) is 5.88 Å². The molecule has 1 aliphatic rings. The lowest BCUT2D eigenvalue weighted by molar-refractivity contribution is 0.144. The van der Waals surface area contributed by atoms with Crippen molar-refractivity contribution >= 4 is 32.3 Å². The van der Waals surface area contributed by atoms with Crippen LogP contribution in [0.15, 0.2) is 24.3 Å². The Hall–Kier alpha value is -3.12. The summed E-state index contributed by atoms with van der Waals surface area (Å²) >= 11 is 0. The molecule has 1 fully saturated rings. The maximum absolute atomic E-state index is 15.0. The number of rotatable bonds is 9. The van der Waals surface area contributed by atoms with Crippen LogP contribution in [0.25, 0.3) is 11.0 Å². The molecule has 0 spiro atoms. The van der Waals surface area contributed by atoms with Crippen molar-refractivity contribution in [3.63, 3.8) is 0 Å². The van der Waals surface area contributed by atoms with Gasteiger partial charge in [-0.05, 0) is 26.8 Å². The van der Waals surface area contributed by atoms with Gasteiger partial charge in [0.25, 0.3) is 0 Å². The van der Waals surface area contributed by atoms with Crippen molar-refractivity contribution in [2.24, 2.45) is 0 Å². The van der Waals surface area contributed by atoms with Crippen LogP contribution < -0.4 is 15.0 Å². The molecular weight excluding hydrogens is 502 g/mol. The number of alkyl halides is 1. The van der Waals surface area contributed by atoms with Gasteiger partial charge < -0.3 is 19.7 Å². The van der Waals surface area contributed by atoms with Crippen molar-refractivity contribution in [1.82, 2.24) is 15.0 Å². The van der Waals surface area contributed by atoms with Crippen LogP contribution >= 0.6 is 0 Å². The van der Waals surface area contributed by atoms with Crippen molar-refractivity contribution in [1.29, 1.82) is 4.78 Å². The third kappa shape index (κ3) is 6.07. The van der Waals surface area contributed by atoms with Crippen LogP contribution in [-0.4, -0.2) is 64.1 Å². The Bertz CT molecular complexity index is 1370. The molecule has 2 atom stereocenters. The number of nitrogens with one attached hydrogen (secondary N) is 2. The molecule has 2 aromatic heterocycles. The van der Waals surface area contributed by atoms with E-state index in [1.807, 2.05) is 11.0 Å². The average Bonchev–Trinajstić information content (AvgIpc) is 2.84. The van der Waals surface area contributed by atoms with Gasteiger partial charge in [0, 0.05) is 52.6 Å². The molecule has 12 heteroatoms. The molecule has 0 radical (unpaired) electrons. The minimum atomic E-state index is -2.60. The molecule has 2 N–H and O–H groups in total. The van der Waals surface area contributed by atoms with Crippen molar-refractivity contribution < 1.29 is 22.5 Å². The monoisotopic (exact) mass is 534 g/mol. The second-order valence-corrected chi connectivity index (χ2v) is 11.5. The molecule has 200 valence electrons. The van der Waals surface area contributed by atoms with E-state index >= 15 is 4.39 Å². The van der Waals surface area contributed by atoms with E-state index in [0.717, 1.165) is 0 Å². The van der Waals surface area contributed by atoms with Gasteiger partial charge >= 0.3 is 0 Å². The summed E-state index contributed by atoms with van der Waals surface area (Å²) in [5.74, 6) is 1.17. The van der Waals surface area contributed by atoms with E-state index in [1.54, 1.807) is 33.1 Å². The van der Waals surface area contributed by atoms with Gasteiger partial charge in [0.15, 0.2) is 5.65 Å². The first-order chi connectivity index (χ1) is 17.6. The smallest absolute Gasteiger partial charge is 0.239 e. The third-order valence-electron chi connectivity index (χ3n) is 6.30. The largest absolute Gasteiger partial charge is 0.474 e. The molecule has 0 aliphatic carbocycles. The quantitative estimate of drug-likeness (QED) is 0.384. The van der Waals surface area contributed by atoms with E-state index in [2.05, 4.69) is 20.3 Å². The molecular formula is C25H32F2N6O3S. The number of halogens is 2. The van der Waals surface area contributed by atoms with E-state index in [0.29, 0.717) is 59.5 Å². The molecule has 4 rings (SSSR count). The fourth-order valence-electron chi connectivity index (χ4n) is 4.26. The van der Waals surface area contributed by atoms with E-state index in [9.17, 15) is 8.60 Å². The Kier molecular flexibility index (Phi) is 8.08. The summed E-state index contributed by atoms with van der Waals surface area (Å²) in [6, 6.07) is 6.02. The maximum atomic E-state index is 15.0. The number of hydrogen-bond acceptors (Lipinski definition) is 9. The zero-order valence-electron chi connectivity index (χ0n) is 21.4. The summed E-state index contributed by atoms with van der Waals surface area (Å²) in [4.78, 5) is 15.7. The summed E-state index contributed by atoms with van der Waals surface area (Å²) in [5, 5.41) is 3.85. The summed E-state index contributed by atoms with van der Waals surface area (Å²) < 4.78 is 60.1. The SMILES string of the molecule is COCCOc1nc2nc(C)nc(N[C@H](C)c3cccc(C(C)F)c3F)c2cc1N1CCS(=N)(=O)CC1. The van der Waals surface area contributed by atoms with Gasteiger partial charge in [-0.2, -0.15) is 4.98 Å². The highest BCUT2D eigenvalue weighted by Crippen LogP contribution is 2.35. The van der Waals surface area contributed by atoms with Crippen LogP contribution in [0.4, 0.5) is 20.3 Å². The Labute approximate surface area is 215 Å². The molecule has 37 heavy (non-hydrogen) atoms. The molecule has 1 aromatic carbocycles. The van der Waals surface area contributed by atoms with Gasteiger partial charge in [0.05, 0.1) is 18.0 Å². The topological polar surface area (TPSA) is 113 Å². The lowest BCUT2D eigenvalue weighted by atomic mass is 10.0. The van der Waals surface area contributed by atoms with Crippen LogP contribution in [0.5, 0.6) is 5.88 Å². The van der Waals surface area contributed by atoms with Crippen molar-refractivity contribution in [2.75, 3.05) is 55.1 Å². The van der Waals surface area contributed by atoms with E-state index < -0.39 is 27.8 Å². The minimum Gasteiger partial charge on any atom is -0.474 e. The van der Waals surface area contributed by atoms with Crippen molar-refractivity contribution in [3.05, 3.63) is 47.0 Å². The first-order valence-corrected chi connectivity index (χ1v) is 14.0. The first-order valence-electron chi connectivity index (χ1n) is 12.1. The van der Waals surface area contributed by atoms with Gasteiger partial charge in [-0.1, -0.05) is 18.2 Å². The van der Waals surface area contributed by atoms with Gasteiger partial charge in [-0.15, -0.1) is 0 Å². The Morgan fingerprint density at radius 1 is 1.16 bits per heavy atom. The Balaban J connectivity index is 1.75. The molecule has 3 aromatic rings. The Morgan fingerprint density at radius 2 is 1.86 bits per heavy atom. The fraction of sp³-hybridized carbons (Fsp3) is 0.480. The second kappa shape index (κ2) is 11.1. The van der Waals surface area contributed by atoms with Crippen LogP contribution in [0.2, 0.25) is 0 Å². The standard InChI is InChI=1S/C25H32F2N6O3S/c1-15(26)18-6-5-7-19(22(18)27)16(2)29-23-20-14-21(33-8-12-37(28,34)13-9-33)25(36-11-10-35-4)32-24(20)31-17(3)30-23/h5-7,14-16,28H,8-13H2,1-4H3,(H,29,30,31,32)/t15?,16-/m1/s1. The summed E-state index contributed by atoms with van der Waals surface area (Å²) in [6.45, 7) is 6.30. The predicted octanol–water partition coefficient (Wildman–Crippen LogP) is 4.57. The highest BCUT2D eigenvalue weighted by molar-refractivity contribution is 7.92. The minimum absolute atomic E-state index is 0.00718. The average molecular weight is 535 g/mol. The molecule has 1 unspecified atom stereocenters. The molecule has 3 heterocycles. The van der Waals surface area contributed by atoms with Gasteiger partial charge in [0.2, 0.25) is 5.88 Å². The number of methoxy groups -OCH3 is 1. The Morgan fingerprint density at radius 3 is 2.54 bits per heavy atom. The molecule has 1 saturated heterocycles. The van der Waals surface area contributed by atoms with E-state index in [4.69, 9.17) is 14.3 Å².